The molecule has 0 aliphatic heterocycles. The summed E-state index contributed by atoms with van der Waals surface area (Å²) in [5.74, 6) is -0.156. The van der Waals surface area contributed by atoms with Crippen LogP contribution >= 0.6 is 0 Å². The number of ether oxygens (including phenoxy) is 1. The van der Waals surface area contributed by atoms with Gasteiger partial charge in [0, 0.05) is 0 Å². The van der Waals surface area contributed by atoms with Gasteiger partial charge in [-0.2, -0.15) is 5.26 Å². The fourth-order valence-electron chi connectivity index (χ4n) is 2.29. The molecule has 1 aromatic rings. The summed E-state index contributed by atoms with van der Waals surface area (Å²) < 4.78 is 5.05. The average molecular weight is 229 g/mol. The predicted octanol–water partition coefficient (Wildman–Crippen LogP) is 2.23. The smallest absolute Gasteiger partial charge is 0.309 e. The van der Waals surface area contributed by atoms with Crippen molar-refractivity contribution in [3.05, 3.63) is 34.9 Å². The number of nitrogens with zero attached hydrogens (tertiary/aromatic N) is 1. The largest absolute Gasteiger partial charge is 0.466 e. The fraction of sp³-hybridized carbons (Fsp3) is 0.429. The molecule has 0 bridgehead atoms. The minimum absolute atomic E-state index is 0.0450. The molecule has 3 heteroatoms. The van der Waals surface area contributed by atoms with Crippen LogP contribution in [0.25, 0.3) is 0 Å². The second kappa shape index (κ2) is 5.01. The lowest BCUT2D eigenvalue weighted by Crippen LogP contribution is -2.24. The van der Waals surface area contributed by atoms with E-state index in [0.29, 0.717) is 18.6 Å². The maximum Gasteiger partial charge on any atom is 0.309 e. The maximum absolute atomic E-state index is 11.7. The van der Waals surface area contributed by atoms with E-state index in [2.05, 4.69) is 6.07 Å². The first-order valence-corrected chi connectivity index (χ1v) is 5.93. The van der Waals surface area contributed by atoms with Crippen molar-refractivity contribution in [3.8, 4) is 6.07 Å². The molecule has 0 spiro atoms. The molecule has 88 valence electrons. The quantitative estimate of drug-likeness (QED) is 0.731. The van der Waals surface area contributed by atoms with E-state index in [1.165, 1.54) is 5.56 Å². The van der Waals surface area contributed by atoms with Gasteiger partial charge in [0.1, 0.15) is 0 Å². The number of fused-ring (bicyclic) bond motifs is 1. The second-order valence-electron chi connectivity index (χ2n) is 4.29. The molecule has 0 N–H and O–H groups in total. The topological polar surface area (TPSA) is 50.1 Å². The number of carbonyl (C=O) groups excluding carboxylic acids is 1. The molecule has 0 aromatic heterocycles. The molecule has 17 heavy (non-hydrogen) atoms. The summed E-state index contributed by atoms with van der Waals surface area (Å²) in [5, 5.41) is 8.86. The summed E-state index contributed by atoms with van der Waals surface area (Å²) in [5.41, 5.74) is 3.03. The Labute approximate surface area is 101 Å². The van der Waals surface area contributed by atoms with Crippen molar-refractivity contribution in [1.82, 2.24) is 0 Å². The van der Waals surface area contributed by atoms with Crippen LogP contribution in [0.3, 0.4) is 0 Å². The van der Waals surface area contributed by atoms with Gasteiger partial charge >= 0.3 is 5.97 Å². The first-order valence-electron chi connectivity index (χ1n) is 5.93. The number of rotatable bonds is 2. The Balaban J connectivity index is 2.17. The lowest BCUT2D eigenvalue weighted by Gasteiger charge is -2.23. The lowest BCUT2D eigenvalue weighted by atomic mass is 9.83. The second-order valence-corrected chi connectivity index (χ2v) is 4.29. The molecule has 2 rings (SSSR count). The molecule has 0 radical (unpaired) electrons. The summed E-state index contributed by atoms with van der Waals surface area (Å²) in [7, 11) is 0. The monoisotopic (exact) mass is 229 g/mol. The molecule has 1 unspecified atom stereocenters. The minimum atomic E-state index is -0.111. The van der Waals surface area contributed by atoms with Crippen LogP contribution in [-0.4, -0.2) is 12.6 Å². The first kappa shape index (κ1) is 11.7. The third kappa shape index (κ3) is 2.47. The van der Waals surface area contributed by atoms with E-state index in [0.717, 1.165) is 18.4 Å². The van der Waals surface area contributed by atoms with E-state index < -0.39 is 0 Å². The molecular weight excluding hydrogens is 214 g/mol. The number of carbonyl (C=O) groups is 1. The van der Waals surface area contributed by atoms with Gasteiger partial charge < -0.3 is 4.74 Å². The summed E-state index contributed by atoms with van der Waals surface area (Å²) >= 11 is 0. The summed E-state index contributed by atoms with van der Waals surface area (Å²) in [4.78, 5) is 11.7. The SMILES string of the molecule is CCOC(=O)C1CCc2ccc(C#N)cc2C1. The van der Waals surface area contributed by atoms with Gasteiger partial charge in [0.2, 0.25) is 0 Å². The van der Waals surface area contributed by atoms with Crippen molar-refractivity contribution >= 4 is 5.97 Å². The van der Waals surface area contributed by atoms with Crippen LogP contribution in [0.4, 0.5) is 0 Å². The zero-order valence-electron chi connectivity index (χ0n) is 9.90. The van der Waals surface area contributed by atoms with E-state index in [1.807, 2.05) is 25.1 Å². The summed E-state index contributed by atoms with van der Waals surface area (Å²) in [6, 6.07) is 7.85. The highest BCUT2D eigenvalue weighted by molar-refractivity contribution is 5.73. The molecule has 1 aliphatic carbocycles. The average Bonchev–Trinajstić information content (AvgIpc) is 2.37. The van der Waals surface area contributed by atoms with Gasteiger partial charge in [-0.1, -0.05) is 6.07 Å². The zero-order chi connectivity index (χ0) is 12.3. The first-order chi connectivity index (χ1) is 8.24. The van der Waals surface area contributed by atoms with Crippen LogP contribution in [0.1, 0.15) is 30.0 Å². The molecule has 1 atom stereocenters. The maximum atomic E-state index is 11.7. The van der Waals surface area contributed by atoms with Crippen molar-refractivity contribution in [2.75, 3.05) is 6.61 Å². The van der Waals surface area contributed by atoms with Crippen molar-refractivity contribution < 1.29 is 9.53 Å². The van der Waals surface area contributed by atoms with Crippen LogP contribution in [0.5, 0.6) is 0 Å². The van der Waals surface area contributed by atoms with Gasteiger partial charge in [0.25, 0.3) is 0 Å². The fourth-order valence-corrected chi connectivity index (χ4v) is 2.29. The van der Waals surface area contributed by atoms with E-state index in [9.17, 15) is 4.79 Å². The van der Waals surface area contributed by atoms with Crippen molar-refractivity contribution in [3.63, 3.8) is 0 Å². The Morgan fingerprint density at radius 3 is 3.06 bits per heavy atom. The summed E-state index contributed by atoms with van der Waals surface area (Å²) in [6.07, 6.45) is 2.44. The van der Waals surface area contributed by atoms with Gasteiger partial charge in [0.05, 0.1) is 24.2 Å². The molecule has 0 saturated carbocycles. The van der Waals surface area contributed by atoms with E-state index >= 15 is 0 Å². The van der Waals surface area contributed by atoms with Gasteiger partial charge in [-0.05, 0) is 49.4 Å². The molecule has 0 fully saturated rings. The van der Waals surface area contributed by atoms with Crippen LogP contribution < -0.4 is 0 Å². The van der Waals surface area contributed by atoms with Crippen molar-refractivity contribution in [2.24, 2.45) is 5.92 Å². The third-order valence-electron chi connectivity index (χ3n) is 3.18. The third-order valence-corrected chi connectivity index (χ3v) is 3.18. The minimum Gasteiger partial charge on any atom is -0.466 e. The number of hydrogen-bond acceptors (Lipinski definition) is 3. The van der Waals surface area contributed by atoms with Gasteiger partial charge in [-0.25, -0.2) is 0 Å². The van der Waals surface area contributed by atoms with Gasteiger partial charge in [-0.3, -0.25) is 4.79 Å². The van der Waals surface area contributed by atoms with Gasteiger partial charge in [0.15, 0.2) is 0 Å². The highest BCUT2D eigenvalue weighted by atomic mass is 16.5. The molecule has 1 aliphatic rings. The van der Waals surface area contributed by atoms with Crippen LogP contribution in [0.2, 0.25) is 0 Å². The van der Waals surface area contributed by atoms with Crippen LogP contribution in [0.15, 0.2) is 18.2 Å². The van der Waals surface area contributed by atoms with E-state index in [1.54, 1.807) is 0 Å². The number of esters is 1. The Bertz CT molecular complexity index is 474. The van der Waals surface area contributed by atoms with Crippen molar-refractivity contribution in [2.45, 2.75) is 26.2 Å². The zero-order valence-corrected chi connectivity index (χ0v) is 9.90. The van der Waals surface area contributed by atoms with Gasteiger partial charge in [-0.15, -0.1) is 0 Å². The Morgan fingerprint density at radius 2 is 2.35 bits per heavy atom. The highest BCUT2D eigenvalue weighted by Crippen LogP contribution is 2.27. The Kier molecular flexibility index (Phi) is 3.43. The number of aryl methyl sites for hydroxylation is 1. The molecule has 1 aromatic carbocycles. The lowest BCUT2D eigenvalue weighted by molar-refractivity contribution is -0.148. The number of benzene rings is 1. The normalized spacial score (nSPS) is 18.0. The van der Waals surface area contributed by atoms with E-state index in [4.69, 9.17) is 10.00 Å². The number of nitriles is 1. The Morgan fingerprint density at radius 1 is 1.53 bits per heavy atom. The standard InChI is InChI=1S/C14H15NO2/c1-2-17-14(16)12-6-5-11-4-3-10(9-15)7-13(11)8-12/h3-4,7,12H,2,5-6,8H2,1H3. The molecule has 3 nitrogen and oxygen atoms in total. The van der Waals surface area contributed by atoms with Crippen molar-refractivity contribution in [1.29, 1.82) is 5.26 Å². The molecule has 0 heterocycles. The Hall–Kier alpha value is -1.82. The number of hydrogen-bond donors (Lipinski definition) is 0. The predicted molar refractivity (Wildman–Crippen MR) is 63.3 cm³/mol. The van der Waals surface area contributed by atoms with Crippen LogP contribution in [0, 0.1) is 17.2 Å². The highest BCUT2D eigenvalue weighted by Gasteiger charge is 2.25. The van der Waals surface area contributed by atoms with E-state index in [-0.39, 0.29) is 11.9 Å². The van der Waals surface area contributed by atoms with Crippen LogP contribution in [-0.2, 0) is 22.4 Å². The summed E-state index contributed by atoms with van der Waals surface area (Å²) in [6.45, 7) is 2.25. The molecule has 0 saturated heterocycles. The molecule has 0 amide bonds. The molecular formula is C14H15NO2.